The summed E-state index contributed by atoms with van der Waals surface area (Å²) in [7, 11) is 0. The van der Waals surface area contributed by atoms with Crippen molar-refractivity contribution in [2.45, 2.75) is 77.5 Å². The van der Waals surface area contributed by atoms with Gasteiger partial charge in [-0.05, 0) is 79.3 Å². The van der Waals surface area contributed by atoms with E-state index >= 15 is 0 Å². The van der Waals surface area contributed by atoms with Crippen LogP contribution in [0.4, 0.5) is 0 Å². The highest BCUT2D eigenvalue weighted by Crippen LogP contribution is 2.38. The van der Waals surface area contributed by atoms with Gasteiger partial charge in [0.15, 0.2) is 11.0 Å². The molecule has 4 atom stereocenters. The van der Waals surface area contributed by atoms with Gasteiger partial charge < -0.3 is 30.8 Å². The zero-order valence-electron chi connectivity index (χ0n) is 25.6. The molecule has 5 rings (SSSR count). The second-order valence-corrected chi connectivity index (χ2v) is 13.5. The number of hydrogen-bond donors (Lipinski definition) is 6. The fraction of sp³-hybridized carbons (Fsp3) is 0.455. The van der Waals surface area contributed by atoms with Crippen LogP contribution >= 0.6 is 0 Å². The van der Waals surface area contributed by atoms with E-state index < -0.39 is 11.9 Å². The van der Waals surface area contributed by atoms with Crippen molar-refractivity contribution in [3.8, 4) is 0 Å². The van der Waals surface area contributed by atoms with Crippen LogP contribution in [0.1, 0.15) is 71.7 Å². The molecule has 2 amide bonds. The first kappa shape index (κ1) is 31.4. The lowest BCUT2D eigenvalue weighted by Gasteiger charge is -2.12. The highest BCUT2D eigenvalue weighted by atomic mass is 32.2. The minimum Gasteiger partial charge on any atom is -0.481 e. The predicted molar refractivity (Wildman–Crippen MR) is 170 cm³/mol. The number of carbonyl (C=O) groups excluding carboxylic acids is 2. The van der Waals surface area contributed by atoms with E-state index in [0.29, 0.717) is 36.5 Å². The van der Waals surface area contributed by atoms with Gasteiger partial charge in [-0.25, -0.2) is 0 Å². The molecule has 0 bridgehead atoms. The van der Waals surface area contributed by atoms with Crippen LogP contribution in [0.2, 0.25) is 0 Å². The third kappa shape index (κ3) is 6.29. The number of thiol groups is 1. The Bertz CT molecular complexity index is 1610. The third-order valence-electron chi connectivity index (χ3n) is 9.41. The minimum absolute atomic E-state index is 0.0279. The van der Waals surface area contributed by atoms with E-state index in [9.17, 15) is 29.4 Å². The standard InChI is InChI=1S/C33H40N4O6S/c1-6-19-15(2)24(36-33(19)43)11-22-16(3)20(7-9-29(38)39)25(34-22)13-26-21(8-10-30(40)41)17(4)23(35-26)12-27-31(28-14-44-28)18(5)32(42)37-27/h6,12,18,24,28,31,34-35H,1,7-11,13-14H2,2-5H3,(H,36,43)(H,37,42)(H,38,39)(H,40,41)/p+1/b27-12-/t18-,24-,28-,31-/m1/s1. The van der Waals surface area contributed by atoms with Crippen molar-refractivity contribution in [1.82, 2.24) is 20.6 Å². The number of carboxylic acid groups (broad SMARTS) is 2. The number of aromatic amines is 2. The Hall–Kier alpha value is -3.99. The average molecular weight is 622 g/mol. The second kappa shape index (κ2) is 12.6. The summed E-state index contributed by atoms with van der Waals surface area (Å²) in [5.74, 6) is -0.764. The number of rotatable bonds is 13. The molecular formula is C33H41N4O6S+. The highest BCUT2D eigenvalue weighted by Gasteiger charge is 2.52. The van der Waals surface area contributed by atoms with Crippen molar-refractivity contribution >= 4 is 41.6 Å². The molecule has 2 saturated heterocycles. The van der Waals surface area contributed by atoms with Gasteiger partial charge in [-0.15, -0.1) is 0 Å². The lowest BCUT2D eigenvalue weighted by Crippen LogP contribution is -2.30. The monoisotopic (exact) mass is 621 g/mol. The van der Waals surface area contributed by atoms with Gasteiger partial charge >= 0.3 is 11.9 Å². The van der Waals surface area contributed by atoms with Gasteiger partial charge in [0.2, 0.25) is 5.91 Å². The Morgan fingerprint density at radius 1 is 0.977 bits per heavy atom. The van der Waals surface area contributed by atoms with Crippen LogP contribution < -0.4 is 10.6 Å². The third-order valence-corrected chi connectivity index (χ3v) is 10.5. The van der Waals surface area contributed by atoms with Crippen molar-refractivity contribution < 1.29 is 29.4 Å². The highest BCUT2D eigenvalue weighted by molar-refractivity contribution is 7.86. The minimum atomic E-state index is -0.889. The van der Waals surface area contributed by atoms with Crippen LogP contribution in [0.25, 0.3) is 6.08 Å². The Kier molecular flexibility index (Phi) is 8.97. The topological polar surface area (TPSA) is 164 Å². The van der Waals surface area contributed by atoms with Gasteiger partial charge in [0, 0.05) is 65.6 Å². The Balaban J connectivity index is 1.51. The molecule has 0 aliphatic carbocycles. The fourth-order valence-corrected chi connectivity index (χ4v) is 7.70. The number of carboxylic acids is 2. The number of aromatic nitrogens is 2. The molecule has 44 heavy (non-hydrogen) atoms. The maximum atomic E-state index is 12.6. The number of nitrogens with one attached hydrogen (secondary N) is 4. The van der Waals surface area contributed by atoms with Gasteiger partial charge in [-0.2, -0.15) is 0 Å². The van der Waals surface area contributed by atoms with Crippen LogP contribution in [0.3, 0.4) is 0 Å². The molecule has 10 nitrogen and oxygen atoms in total. The molecule has 2 aromatic rings. The van der Waals surface area contributed by atoms with Gasteiger partial charge in [0.05, 0.1) is 12.0 Å². The van der Waals surface area contributed by atoms with Crippen LogP contribution in [-0.4, -0.2) is 61.0 Å². The molecular weight excluding hydrogens is 580 g/mol. The lowest BCUT2D eigenvalue weighted by atomic mass is 9.91. The molecule has 3 aliphatic heterocycles. The molecule has 0 radical (unpaired) electrons. The maximum absolute atomic E-state index is 12.6. The smallest absolute Gasteiger partial charge is 0.303 e. The molecule has 0 aromatic carbocycles. The van der Waals surface area contributed by atoms with Crippen molar-refractivity contribution in [3.05, 3.63) is 74.5 Å². The normalized spacial score (nSPS) is 23.8. The average Bonchev–Trinajstić information content (AvgIpc) is 3.53. The molecule has 0 unspecified atom stereocenters. The van der Waals surface area contributed by atoms with Crippen LogP contribution in [-0.2, 0) is 56.6 Å². The zero-order chi connectivity index (χ0) is 31.9. The first-order chi connectivity index (χ1) is 20.9. The molecule has 3 aliphatic rings. The molecule has 6 N–H and O–H groups in total. The number of H-pyrrole nitrogens is 2. The van der Waals surface area contributed by atoms with E-state index in [1.807, 2.05) is 33.8 Å². The zero-order valence-corrected chi connectivity index (χ0v) is 26.5. The number of allylic oxidation sites excluding steroid dienone is 1. The van der Waals surface area contributed by atoms with Gasteiger partial charge in [-0.3, -0.25) is 19.2 Å². The Labute approximate surface area is 260 Å². The Morgan fingerprint density at radius 3 is 2.16 bits per heavy atom. The molecule has 2 aromatic heterocycles. The summed E-state index contributed by atoms with van der Waals surface area (Å²) in [6.45, 7) is 11.6. The SMILES string of the molecule is C=CC1=C(C)[C@@H](Cc2[nH]c(Cc3[nH]c(/C=C4\NC(=O)[C@H](C)[C@H]4[C@H]4C[SH+]4)c(C)c3CCC(=O)O)c(CCC(=O)O)c2C)NC1=O. The van der Waals surface area contributed by atoms with E-state index in [-0.39, 0.29) is 42.5 Å². The summed E-state index contributed by atoms with van der Waals surface area (Å²) in [6.07, 6.45) is 5.14. The number of hydrogen-bond acceptors (Lipinski definition) is 4. The quantitative estimate of drug-likeness (QED) is 0.114. The van der Waals surface area contributed by atoms with E-state index in [2.05, 4.69) is 27.2 Å². The van der Waals surface area contributed by atoms with Crippen molar-refractivity contribution in [2.75, 3.05) is 5.75 Å². The van der Waals surface area contributed by atoms with Crippen molar-refractivity contribution in [2.24, 2.45) is 11.8 Å². The predicted octanol–water partition coefficient (Wildman–Crippen LogP) is 3.05. The molecule has 5 heterocycles. The first-order valence-electron chi connectivity index (χ1n) is 15.1. The number of aliphatic carboxylic acids is 2. The van der Waals surface area contributed by atoms with Gasteiger partial charge in [0.25, 0.3) is 5.91 Å². The Morgan fingerprint density at radius 2 is 1.59 bits per heavy atom. The van der Waals surface area contributed by atoms with Gasteiger partial charge in [0.1, 0.15) is 0 Å². The molecule has 11 heteroatoms. The van der Waals surface area contributed by atoms with Crippen LogP contribution in [0.15, 0.2) is 29.5 Å². The van der Waals surface area contributed by atoms with Crippen LogP contribution in [0, 0.1) is 25.7 Å². The van der Waals surface area contributed by atoms with Crippen molar-refractivity contribution in [3.63, 3.8) is 0 Å². The van der Waals surface area contributed by atoms with Crippen LogP contribution in [0.5, 0.6) is 0 Å². The first-order valence-corrected chi connectivity index (χ1v) is 16.2. The summed E-state index contributed by atoms with van der Waals surface area (Å²) in [6, 6.07) is -0.201. The van der Waals surface area contributed by atoms with Gasteiger partial charge in [-0.1, -0.05) is 19.6 Å². The number of carbonyl (C=O) groups is 4. The molecule has 2 fully saturated rings. The number of amides is 2. The van der Waals surface area contributed by atoms with E-state index in [1.165, 1.54) is 11.8 Å². The van der Waals surface area contributed by atoms with E-state index in [4.69, 9.17) is 0 Å². The second-order valence-electron chi connectivity index (χ2n) is 12.1. The summed E-state index contributed by atoms with van der Waals surface area (Å²) >= 11 is 1.36. The summed E-state index contributed by atoms with van der Waals surface area (Å²) < 4.78 is 0. The molecule has 0 spiro atoms. The molecule has 0 saturated carbocycles. The maximum Gasteiger partial charge on any atom is 0.303 e. The van der Waals surface area contributed by atoms with E-state index in [0.717, 1.165) is 62.1 Å². The summed E-state index contributed by atoms with van der Waals surface area (Å²) in [4.78, 5) is 55.2. The lowest BCUT2D eigenvalue weighted by molar-refractivity contribution is -0.138. The largest absolute Gasteiger partial charge is 0.481 e. The summed E-state index contributed by atoms with van der Waals surface area (Å²) in [5, 5.41) is 25.5. The fourth-order valence-electron chi connectivity index (χ4n) is 6.71. The summed E-state index contributed by atoms with van der Waals surface area (Å²) in [5.41, 5.74) is 9.61. The van der Waals surface area contributed by atoms with Crippen molar-refractivity contribution in [1.29, 1.82) is 0 Å². The molecule has 234 valence electrons. The van der Waals surface area contributed by atoms with E-state index in [1.54, 1.807) is 6.08 Å².